The van der Waals surface area contributed by atoms with Crippen LogP contribution in [0.25, 0.3) is 0 Å². The number of benzene rings is 2. The summed E-state index contributed by atoms with van der Waals surface area (Å²) in [5.74, 6) is 0.688. The van der Waals surface area contributed by atoms with E-state index in [9.17, 15) is 9.18 Å². The van der Waals surface area contributed by atoms with Crippen LogP contribution in [0.4, 0.5) is 10.1 Å². The van der Waals surface area contributed by atoms with Gasteiger partial charge in [-0.2, -0.15) is 0 Å². The molecular formula is C17H19FN2O3. The van der Waals surface area contributed by atoms with Gasteiger partial charge in [-0.15, -0.1) is 0 Å². The molecule has 0 aliphatic carbocycles. The summed E-state index contributed by atoms with van der Waals surface area (Å²) in [6.45, 7) is 0.598. The van der Waals surface area contributed by atoms with E-state index >= 15 is 0 Å². The molecule has 2 N–H and O–H groups in total. The highest BCUT2D eigenvalue weighted by molar-refractivity contribution is 5.93. The molecule has 0 spiro atoms. The van der Waals surface area contributed by atoms with E-state index in [4.69, 9.17) is 9.47 Å². The Hall–Kier alpha value is -2.60. The van der Waals surface area contributed by atoms with Crippen LogP contribution < -0.4 is 20.1 Å². The van der Waals surface area contributed by atoms with Gasteiger partial charge < -0.3 is 20.1 Å². The van der Waals surface area contributed by atoms with E-state index in [0.717, 1.165) is 5.56 Å². The molecule has 5 nitrogen and oxygen atoms in total. The van der Waals surface area contributed by atoms with Gasteiger partial charge >= 0.3 is 0 Å². The van der Waals surface area contributed by atoms with Crippen molar-refractivity contribution in [3.05, 3.63) is 53.8 Å². The third-order valence-corrected chi connectivity index (χ3v) is 3.21. The molecule has 1 amide bonds. The molecule has 0 aliphatic heterocycles. The van der Waals surface area contributed by atoms with Crippen LogP contribution in [0.3, 0.4) is 0 Å². The molecule has 0 atom stereocenters. The third kappa shape index (κ3) is 4.96. The first-order valence-electron chi connectivity index (χ1n) is 7.09. The first kappa shape index (κ1) is 16.8. The summed E-state index contributed by atoms with van der Waals surface area (Å²) in [7, 11) is 3.09. The van der Waals surface area contributed by atoms with E-state index in [1.807, 2.05) is 0 Å². The minimum Gasteiger partial charge on any atom is -0.497 e. The molecule has 0 unspecified atom stereocenters. The Kier molecular flexibility index (Phi) is 5.94. The van der Waals surface area contributed by atoms with Gasteiger partial charge in [-0.25, -0.2) is 4.39 Å². The van der Waals surface area contributed by atoms with Crippen molar-refractivity contribution in [1.29, 1.82) is 0 Å². The summed E-state index contributed by atoms with van der Waals surface area (Å²) in [6, 6.07) is 11.3. The summed E-state index contributed by atoms with van der Waals surface area (Å²) < 4.78 is 23.1. The lowest BCUT2D eigenvalue weighted by Crippen LogP contribution is -2.27. The number of carbonyl (C=O) groups is 1. The van der Waals surface area contributed by atoms with E-state index in [-0.39, 0.29) is 18.3 Å². The largest absolute Gasteiger partial charge is 0.497 e. The van der Waals surface area contributed by atoms with Gasteiger partial charge in [0.1, 0.15) is 17.3 Å². The SMILES string of the molecule is COc1ccc(OC)c(NC(=O)CNCc2ccc(F)cc2)c1. The summed E-state index contributed by atoms with van der Waals surface area (Å²) in [4.78, 5) is 12.0. The maximum atomic E-state index is 12.8. The van der Waals surface area contributed by atoms with Crippen LogP contribution in [0, 0.1) is 5.82 Å². The molecule has 0 fully saturated rings. The Morgan fingerprint density at radius 1 is 1.09 bits per heavy atom. The molecule has 0 bridgehead atoms. The topological polar surface area (TPSA) is 59.6 Å². The Balaban J connectivity index is 1.88. The monoisotopic (exact) mass is 318 g/mol. The highest BCUT2D eigenvalue weighted by atomic mass is 19.1. The molecule has 2 rings (SSSR count). The summed E-state index contributed by atoms with van der Waals surface area (Å²) in [6.07, 6.45) is 0. The van der Waals surface area contributed by atoms with Gasteiger partial charge in [0.15, 0.2) is 0 Å². The number of hydrogen-bond acceptors (Lipinski definition) is 4. The van der Waals surface area contributed by atoms with Gasteiger partial charge in [-0.05, 0) is 29.8 Å². The number of amides is 1. The van der Waals surface area contributed by atoms with Crippen molar-refractivity contribution in [2.75, 3.05) is 26.1 Å². The number of carbonyl (C=O) groups excluding carboxylic acids is 1. The zero-order chi connectivity index (χ0) is 16.7. The van der Waals surface area contributed by atoms with Gasteiger partial charge in [0.05, 0.1) is 26.5 Å². The number of ether oxygens (including phenoxy) is 2. The minimum absolute atomic E-state index is 0.123. The Labute approximate surface area is 134 Å². The predicted octanol–water partition coefficient (Wildman–Crippen LogP) is 2.57. The quantitative estimate of drug-likeness (QED) is 0.824. The number of methoxy groups -OCH3 is 2. The lowest BCUT2D eigenvalue weighted by molar-refractivity contribution is -0.115. The van der Waals surface area contributed by atoms with E-state index < -0.39 is 0 Å². The highest BCUT2D eigenvalue weighted by Gasteiger charge is 2.09. The van der Waals surface area contributed by atoms with E-state index in [2.05, 4.69) is 10.6 Å². The average Bonchev–Trinajstić information content (AvgIpc) is 2.56. The standard InChI is InChI=1S/C17H19FN2O3/c1-22-14-7-8-16(23-2)15(9-14)20-17(21)11-19-10-12-3-5-13(18)6-4-12/h3-9,19H,10-11H2,1-2H3,(H,20,21). The fourth-order valence-electron chi connectivity index (χ4n) is 2.03. The van der Waals surface area contributed by atoms with E-state index in [1.165, 1.54) is 19.2 Å². The van der Waals surface area contributed by atoms with Crippen molar-refractivity contribution >= 4 is 11.6 Å². The summed E-state index contributed by atoms with van der Waals surface area (Å²) >= 11 is 0. The number of rotatable bonds is 7. The normalized spacial score (nSPS) is 10.2. The number of nitrogens with one attached hydrogen (secondary N) is 2. The van der Waals surface area contributed by atoms with Gasteiger partial charge in [0.2, 0.25) is 5.91 Å². The predicted molar refractivity (Wildman–Crippen MR) is 86.3 cm³/mol. The lowest BCUT2D eigenvalue weighted by Gasteiger charge is -2.12. The van der Waals surface area contributed by atoms with Crippen LogP contribution in [0.1, 0.15) is 5.56 Å². The molecule has 6 heteroatoms. The average molecular weight is 318 g/mol. The van der Waals surface area contributed by atoms with Crippen LogP contribution in [0.15, 0.2) is 42.5 Å². The zero-order valence-electron chi connectivity index (χ0n) is 13.1. The van der Waals surface area contributed by atoms with Crippen LogP contribution in [-0.4, -0.2) is 26.7 Å². The first-order valence-corrected chi connectivity index (χ1v) is 7.09. The van der Waals surface area contributed by atoms with Crippen LogP contribution >= 0.6 is 0 Å². The van der Waals surface area contributed by atoms with Gasteiger partial charge in [0, 0.05) is 12.6 Å². The summed E-state index contributed by atoms with van der Waals surface area (Å²) in [5, 5.41) is 5.77. The van der Waals surface area contributed by atoms with Crippen LogP contribution in [0.2, 0.25) is 0 Å². The smallest absolute Gasteiger partial charge is 0.238 e. The maximum absolute atomic E-state index is 12.8. The van der Waals surface area contributed by atoms with Crippen molar-refractivity contribution < 1.29 is 18.7 Å². The van der Waals surface area contributed by atoms with Gasteiger partial charge in [-0.1, -0.05) is 12.1 Å². The Morgan fingerprint density at radius 2 is 1.83 bits per heavy atom. The molecule has 0 saturated heterocycles. The first-order chi connectivity index (χ1) is 11.1. The molecule has 122 valence electrons. The molecule has 0 saturated carbocycles. The van der Waals surface area contributed by atoms with E-state index in [0.29, 0.717) is 23.7 Å². The molecule has 0 aliphatic rings. The second-order valence-corrected chi connectivity index (χ2v) is 4.84. The molecule has 23 heavy (non-hydrogen) atoms. The number of anilines is 1. The number of hydrogen-bond donors (Lipinski definition) is 2. The summed E-state index contributed by atoms with van der Waals surface area (Å²) in [5.41, 5.74) is 1.44. The van der Waals surface area contributed by atoms with Crippen LogP contribution in [0.5, 0.6) is 11.5 Å². The van der Waals surface area contributed by atoms with Crippen molar-refractivity contribution in [3.8, 4) is 11.5 Å². The second kappa shape index (κ2) is 8.14. The Bertz CT molecular complexity index is 659. The molecule has 2 aromatic rings. The molecule has 0 aromatic heterocycles. The van der Waals surface area contributed by atoms with Crippen molar-refractivity contribution in [3.63, 3.8) is 0 Å². The fourth-order valence-corrected chi connectivity index (χ4v) is 2.03. The lowest BCUT2D eigenvalue weighted by atomic mass is 10.2. The molecule has 0 radical (unpaired) electrons. The molecule has 0 heterocycles. The fraction of sp³-hybridized carbons (Fsp3) is 0.235. The van der Waals surface area contributed by atoms with Gasteiger partial charge in [-0.3, -0.25) is 4.79 Å². The second-order valence-electron chi connectivity index (χ2n) is 4.84. The maximum Gasteiger partial charge on any atom is 0.238 e. The van der Waals surface area contributed by atoms with E-state index in [1.54, 1.807) is 37.4 Å². The third-order valence-electron chi connectivity index (χ3n) is 3.21. The zero-order valence-corrected chi connectivity index (χ0v) is 13.1. The van der Waals surface area contributed by atoms with Crippen molar-refractivity contribution in [1.82, 2.24) is 5.32 Å². The number of halogens is 1. The Morgan fingerprint density at radius 3 is 2.48 bits per heavy atom. The van der Waals surface area contributed by atoms with Gasteiger partial charge in [0.25, 0.3) is 0 Å². The van der Waals surface area contributed by atoms with Crippen molar-refractivity contribution in [2.45, 2.75) is 6.54 Å². The molecule has 2 aromatic carbocycles. The van der Waals surface area contributed by atoms with Crippen LogP contribution in [-0.2, 0) is 11.3 Å². The highest BCUT2D eigenvalue weighted by Crippen LogP contribution is 2.28. The molecular weight excluding hydrogens is 299 g/mol. The van der Waals surface area contributed by atoms with Crippen molar-refractivity contribution in [2.24, 2.45) is 0 Å². The minimum atomic E-state index is -0.281.